The van der Waals surface area contributed by atoms with E-state index in [-0.39, 0.29) is 0 Å². The van der Waals surface area contributed by atoms with E-state index in [0.29, 0.717) is 18.4 Å². The minimum atomic E-state index is -4.24. The van der Waals surface area contributed by atoms with Crippen molar-refractivity contribution < 1.29 is 13.2 Å². The zero-order chi connectivity index (χ0) is 9.90. The number of benzene rings is 1. The van der Waals surface area contributed by atoms with Crippen LogP contribution in [0.25, 0.3) is 0 Å². The summed E-state index contributed by atoms with van der Waals surface area (Å²) in [6.07, 6.45) is -3.04. The van der Waals surface area contributed by atoms with E-state index in [4.69, 9.17) is 0 Å². The summed E-state index contributed by atoms with van der Waals surface area (Å²) in [6.45, 7) is 3.59. The first kappa shape index (κ1) is 10.1. The average Bonchev–Trinajstić information content (AvgIpc) is 2.04. The first-order valence-electron chi connectivity index (χ1n) is 3.99. The fourth-order valence-corrected chi connectivity index (χ4v) is 1.11. The lowest BCUT2D eigenvalue weighted by atomic mass is 10.1. The van der Waals surface area contributed by atoms with Gasteiger partial charge in [0.1, 0.15) is 0 Å². The summed E-state index contributed by atoms with van der Waals surface area (Å²) < 4.78 is 36.6. The molecule has 0 aliphatic heterocycles. The molecule has 0 aromatic heterocycles. The zero-order valence-corrected chi connectivity index (χ0v) is 7.06. The summed E-state index contributed by atoms with van der Waals surface area (Å²) in [5.41, 5.74) is 0.100. The van der Waals surface area contributed by atoms with Crippen molar-refractivity contribution in [3.8, 4) is 0 Å². The van der Waals surface area contributed by atoms with Gasteiger partial charge in [-0.2, -0.15) is 13.2 Å². The molecular formula is C10H10F3. The highest BCUT2D eigenvalue weighted by Gasteiger charge is 2.30. The van der Waals surface area contributed by atoms with Gasteiger partial charge < -0.3 is 0 Å². The molecule has 0 saturated heterocycles. The maximum absolute atomic E-state index is 12.2. The highest BCUT2D eigenvalue weighted by Crippen LogP contribution is 2.29. The first-order valence-corrected chi connectivity index (χ1v) is 3.99. The van der Waals surface area contributed by atoms with E-state index in [2.05, 4.69) is 6.92 Å². The Morgan fingerprint density at radius 2 is 1.92 bits per heavy atom. The van der Waals surface area contributed by atoms with Crippen LogP contribution in [0.3, 0.4) is 0 Å². The van der Waals surface area contributed by atoms with Gasteiger partial charge in [-0.05, 0) is 24.5 Å². The lowest BCUT2D eigenvalue weighted by Crippen LogP contribution is -2.05. The topological polar surface area (TPSA) is 0 Å². The van der Waals surface area contributed by atoms with Crippen LogP contribution in [0.1, 0.15) is 17.5 Å². The molecule has 3 heteroatoms. The molecule has 0 nitrogen and oxygen atoms in total. The molecule has 1 radical (unpaired) electrons. The minimum absolute atomic E-state index is 0.585. The summed E-state index contributed by atoms with van der Waals surface area (Å²) in [7, 11) is 0. The van der Waals surface area contributed by atoms with Gasteiger partial charge in [-0.1, -0.05) is 25.1 Å². The molecular weight excluding hydrogens is 177 g/mol. The third-order valence-electron chi connectivity index (χ3n) is 1.72. The first-order chi connectivity index (χ1) is 6.04. The number of aryl methyl sites for hydroxylation is 1. The van der Waals surface area contributed by atoms with Gasteiger partial charge in [0.15, 0.2) is 0 Å². The average molecular weight is 187 g/mol. The van der Waals surface area contributed by atoms with E-state index >= 15 is 0 Å². The molecule has 1 aromatic carbocycles. The molecule has 0 spiro atoms. The van der Waals surface area contributed by atoms with Crippen LogP contribution in [0.5, 0.6) is 0 Å². The second kappa shape index (κ2) is 3.81. The third kappa shape index (κ3) is 2.76. The minimum Gasteiger partial charge on any atom is -0.166 e. The van der Waals surface area contributed by atoms with Crippen LogP contribution >= 0.6 is 0 Å². The van der Waals surface area contributed by atoms with Crippen LogP contribution in [0.2, 0.25) is 0 Å². The number of hydrogen-bond donors (Lipinski definition) is 0. The Hall–Kier alpha value is -0.990. The molecule has 0 amide bonds. The van der Waals surface area contributed by atoms with Crippen molar-refractivity contribution in [2.45, 2.75) is 19.0 Å². The maximum atomic E-state index is 12.2. The van der Waals surface area contributed by atoms with Gasteiger partial charge in [-0.15, -0.1) is 0 Å². The van der Waals surface area contributed by atoms with Crippen molar-refractivity contribution >= 4 is 0 Å². The highest BCUT2D eigenvalue weighted by atomic mass is 19.4. The predicted octanol–water partition coefficient (Wildman–Crippen LogP) is 3.47. The van der Waals surface area contributed by atoms with Gasteiger partial charge in [0.05, 0.1) is 5.56 Å². The lowest BCUT2D eigenvalue weighted by molar-refractivity contribution is -0.137. The van der Waals surface area contributed by atoms with E-state index in [1.54, 1.807) is 6.07 Å². The van der Waals surface area contributed by atoms with Crippen molar-refractivity contribution in [1.29, 1.82) is 0 Å². The van der Waals surface area contributed by atoms with Crippen LogP contribution in [-0.4, -0.2) is 0 Å². The summed E-state index contributed by atoms with van der Waals surface area (Å²) >= 11 is 0. The van der Waals surface area contributed by atoms with E-state index in [1.807, 2.05) is 0 Å². The number of rotatable bonds is 2. The summed E-state index contributed by atoms with van der Waals surface area (Å²) in [5, 5.41) is 0. The molecule has 0 saturated carbocycles. The van der Waals surface area contributed by atoms with Crippen LogP contribution in [0.15, 0.2) is 24.3 Å². The largest absolute Gasteiger partial charge is 0.416 e. The summed E-state index contributed by atoms with van der Waals surface area (Å²) in [6, 6.07) is 5.35. The molecule has 0 heterocycles. The van der Waals surface area contributed by atoms with Crippen LogP contribution in [-0.2, 0) is 12.6 Å². The summed E-state index contributed by atoms with van der Waals surface area (Å²) in [4.78, 5) is 0. The molecule has 0 atom stereocenters. The molecule has 0 aliphatic rings. The Morgan fingerprint density at radius 1 is 1.23 bits per heavy atom. The van der Waals surface area contributed by atoms with E-state index in [0.717, 1.165) is 6.07 Å². The zero-order valence-electron chi connectivity index (χ0n) is 7.06. The Morgan fingerprint density at radius 3 is 2.46 bits per heavy atom. The Kier molecular flexibility index (Phi) is 2.96. The predicted molar refractivity (Wildman–Crippen MR) is 45.1 cm³/mol. The van der Waals surface area contributed by atoms with Gasteiger partial charge >= 0.3 is 6.18 Å². The van der Waals surface area contributed by atoms with Crippen molar-refractivity contribution in [3.63, 3.8) is 0 Å². The van der Waals surface area contributed by atoms with Gasteiger partial charge in [-0.3, -0.25) is 0 Å². The molecule has 0 N–H and O–H groups in total. The summed E-state index contributed by atoms with van der Waals surface area (Å²) in [5.74, 6) is 0. The van der Waals surface area contributed by atoms with Gasteiger partial charge in [0.2, 0.25) is 0 Å². The SMILES string of the molecule is [CH2]CCc1cccc(C(F)(F)F)c1. The highest BCUT2D eigenvalue weighted by molar-refractivity contribution is 5.25. The number of alkyl halides is 3. The van der Waals surface area contributed by atoms with E-state index in [9.17, 15) is 13.2 Å². The van der Waals surface area contributed by atoms with Crippen molar-refractivity contribution in [2.24, 2.45) is 0 Å². The molecule has 0 fully saturated rings. The molecule has 1 aromatic rings. The van der Waals surface area contributed by atoms with E-state index < -0.39 is 11.7 Å². The fourth-order valence-electron chi connectivity index (χ4n) is 1.11. The number of halogens is 3. The second-order valence-corrected chi connectivity index (χ2v) is 2.80. The smallest absolute Gasteiger partial charge is 0.166 e. The van der Waals surface area contributed by atoms with Crippen molar-refractivity contribution in [3.05, 3.63) is 42.3 Å². The lowest BCUT2D eigenvalue weighted by Gasteiger charge is -2.07. The molecule has 0 bridgehead atoms. The Labute approximate surface area is 75.4 Å². The van der Waals surface area contributed by atoms with Crippen molar-refractivity contribution in [1.82, 2.24) is 0 Å². The molecule has 13 heavy (non-hydrogen) atoms. The molecule has 0 aliphatic carbocycles. The van der Waals surface area contributed by atoms with Crippen molar-refractivity contribution in [2.75, 3.05) is 0 Å². The Bertz CT molecular complexity index is 276. The maximum Gasteiger partial charge on any atom is 0.416 e. The standard InChI is InChI=1S/C10H10F3/c1-2-4-8-5-3-6-9(7-8)10(11,12)13/h3,5-7H,1-2,4H2. The molecule has 0 unspecified atom stereocenters. The Balaban J connectivity index is 2.92. The quantitative estimate of drug-likeness (QED) is 0.665. The van der Waals surface area contributed by atoms with Gasteiger partial charge in [-0.25, -0.2) is 0 Å². The monoisotopic (exact) mass is 187 g/mol. The third-order valence-corrected chi connectivity index (χ3v) is 1.72. The number of hydrogen-bond acceptors (Lipinski definition) is 0. The van der Waals surface area contributed by atoms with Crippen LogP contribution in [0, 0.1) is 6.92 Å². The molecule has 1 rings (SSSR count). The van der Waals surface area contributed by atoms with Crippen LogP contribution < -0.4 is 0 Å². The van der Waals surface area contributed by atoms with Gasteiger partial charge in [0, 0.05) is 0 Å². The second-order valence-electron chi connectivity index (χ2n) is 2.80. The van der Waals surface area contributed by atoms with E-state index in [1.165, 1.54) is 12.1 Å². The fraction of sp³-hybridized carbons (Fsp3) is 0.300. The molecule has 71 valence electrons. The van der Waals surface area contributed by atoms with Gasteiger partial charge in [0.25, 0.3) is 0 Å². The normalized spacial score (nSPS) is 11.7. The van der Waals surface area contributed by atoms with Crippen LogP contribution in [0.4, 0.5) is 13.2 Å².